The smallest absolute Gasteiger partial charge is 0.0555 e. The fourth-order valence-corrected chi connectivity index (χ4v) is 2.91. The van der Waals surface area contributed by atoms with Crippen LogP contribution in [-0.2, 0) is 0 Å². The van der Waals surface area contributed by atoms with Gasteiger partial charge in [-0.15, -0.1) is 0 Å². The van der Waals surface area contributed by atoms with Gasteiger partial charge in [0.05, 0.1) is 11.9 Å². The molecule has 1 N–H and O–H groups in total. The summed E-state index contributed by atoms with van der Waals surface area (Å²) in [4.78, 5) is 6.74. The summed E-state index contributed by atoms with van der Waals surface area (Å²) in [7, 11) is 0. The first kappa shape index (κ1) is 9.16. The Morgan fingerprint density at radius 1 is 1.40 bits per heavy atom. The molecule has 2 fully saturated rings. The van der Waals surface area contributed by atoms with Crippen molar-refractivity contribution in [2.75, 3.05) is 18.0 Å². The molecular formula is C12H17N3. The fourth-order valence-electron chi connectivity index (χ4n) is 2.91. The highest BCUT2D eigenvalue weighted by atomic mass is 15.2. The van der Waals surface area contributed by atoms with Crippen LogP contribution in [-0.4, -0.2) is 30.2 Å². The first-order valence-corrected chi connectivity index (χ1v) is 5.85. The maximum Gasteiger partial charge on any atom is 0.0555 e. The van der Waals surface area contributed by atoms with Gasteiger partial charge in [0, 0.05) is 24.8 Å². The van der Waals surface area contributed by atoms with Crippen LogP contribution in [0.1, 0.15) is 19.3 Å². The molecule has 0 saturated carbocycles. The second-order valence-corrected chi connectivity index (χ2v) is 4.46. The van der Waals surface area contributed by atoms with E-state index in [0.29, 0.717) is 12.1 Å². The van der Waals surface area contributed by atoms with Crippen LogP contribution in [0.2, 0.25) is 0 Å². The van der Waals surface area contributed by atoms with Crippen molar-refractivity contribution < 1.29 is 0 Å². The van der Waals surface area contributed by atoms with Gasteiger partial charge in [0.1, 0.15) is 0 Å². The summed E-state index contributed by atoms with van der Waals surface area (Å²) in [6.45, 7) is 2.36. The minimum atomic E-state index is 0.697. The topological polar surface area (TPSA) is 28.2 Å². The van der Waals surface area contributed by atoms with Crippen molar-refractivity contribution in [2.24, 2.45) is 0 Å². The van der Waals surface area contributed by atoms with E-state index in [1.807, 2.05) is 18.5 Å². The molecule has 3 heteroatoms. The number of nitrogens with zero attached hydrogens (tertiary/aromatic N) is 2. The van der Waals surface area contributed by atoms with E-state index in [4.69, 9.17) is 0 Å². The Balaban J connectivity index is 1.85. The molecule has 0 radical (unpaired) electrons. The van der Waals surface area contributed by atoms with Crippen molar-refractivity contribution in [3.05, 3.63) is 24.5 Å². The Hall–Kier alpha value is -1.09. The third kappa shape index (κ3) is 1.61. The fraction of sp³-hybridized carbons (Fsp3) is 0.583. The van der Waals surface area contributed by atoms with E-state index in [9.17, 15) is 0 Å². The molecule has 3 heterocycles. The molecule has 1 aromatic rings. The van der Waals surface area contributed by atoms with Gasteiger partial charge in [-0.3, -0.25) is 4.98 Å². The molecule has 0 aliphatic carbocycles. The highest BCUT2D eigenvalue weighted by Crippen LogP contribution is 2.28. The van der Waals surface area contributed by atoms with E-state index in [0.717, 1.165) is 0 Å². The van der Waals surface area contributed by atoms with Crippen LogP contribution < -0.4 is 10.2 Å². The Bertz CT molecular complexity index is 325. The van der Waals surface area contributed by atoms with Crippen LogP contribution in [0.15, 0.2) is 24.5 Å². The zero-order chi connectivity index (χ0) is 10.1. The molecule has 2 atom stereocenters. The molecule has 0 aromatic carbocycles. The lowest BCUT2D eigenvalue weighted by Crippen LogP contribution is -2.48. The molecule has 0 amide bonds. The van der Waals surface area contributed by atoms with E-state index in [2.05, 4.69) is 21.3 Å². The van der Waals surface area contributed by atoms with E-state index < -0.39 is 0 Å². The second kappa shape index (κ2) is 3.81. The molecule has 0 bridgehead atoms. The Morgan fingerprint density at radius 3 is 3.27 bits per heavy atom. The van der Waals surface area contributed by atoms with E-state index in [1.54, 1.807) is 0 Å². The van der Waals surface area contributed by atoms with Crippen LogP contribution in [0.3, 0.4) is 0 Å². The lowest BCUT2D eigenvalue weighted by Gasteiger charge is -2.38. The van der Waals surface area contributed by atoms with Crippen molar-refractivity contribution in [3.63, 3.8) is 0 Å². The SMILES string of the molecule is c1cncc(N2CCCC3NCCC32)c1. The molecule has 15 heavy (non-hydrogen) atoms. The van der Waals surface area contributed by atoms with Crippen LogP contribution in [0.4, 0.5) is 5.69 Å². The second-order valence-electron chi connectivity index (χ2n) is 4.46. The molecule has 3 rings (SSSR count). The molecular weight excluding hydrogens is 186 g/mol. The monoisotopic (exact) mass is 203 g/mol. The minimum Gasteiger partial charge on any atom is -0.366 e. The predicted molar refractivity (Wildman–Crippen MR) is 61.0 cm³/mol. The first-order chi connectivity index (χ1) is 7.45. The van der Waals surface area contributed by atoms with Gasteiger partial charge in [-0.05, 0) is 37.9 Å². The third-order valence-corrected chi connectivity index (χ3v) is 3.60. The van der Waals surface area contributed by atoms with Gasteiger partial charge in [0.25, 0.3) is 0 Å². The number of piperidine rings is 1. The first-order valence-electron chi connectivity index (χ1n) is 5.85. The summed E-state index contributed by atoms with van der Waals surface area (Å²) in [5.41, 5.74) is 1.29. The minimum absolute atomic E-state index is 0.697. The molecule has 2 unspecified atom stereocenters. The highest BCUT2D eigenvalue weighted by Gasteiger charge is 2.34. The van der Waals surface area contributed by atoms with Crippen LogP contribution in [0, 0.1) is 0 Å². The van der Waals surface area contributed by atoms with Gasteiger partial charge >= 0.3 is 0 Å². The predicted octanol–water partition coefficient (Wildman–Crippen LogP) is 1.41. The number of anilines is 1. The maximum absolute atomic E-state index is 4.21. The van der Waals surface area contributed by atoms with Crippen molar-refractivity contribution in [3.8, 4) is 0 Å². The third-order valence-electron chi connectivity index (χ3n) is 3.60. The average Bonchev–Trinajstić information content (AvgIpc) is 2.78. The number of pyridine rings is 1. The van der Waals surface area contributed by atoms with Crippen LogP contribution >= 0.6 is 0 Å². The molecule has 2 saturated heterocycles. The van der Waals surface area contributed by atoms with Gasteiger partial charge in [0.2, 0.25) is 0 Å². The molecule has 2 aliphatic heterocycles. The van der Waals surface area contributed by atoms with Gasteiger partial charge < -0.3 is 10.2 Å². The summed E-state index contributed by atoms with van der Waals surface area (Å²) >= 11 is 0. The zero-order valence-corrected chi connectivity index (χ0v) is 8.89. The molecule has 0 spiro atoms. The number of rotatable bonds is 1. The Morgan fingerprint density at radius 2 is 2.40 bits per heavy atom. The number of hydrogen-bond donors (Lipinski definition) is 1. The summed E-state index contributed by atoms with van der Waals surface area (Å²) in [5, 5.41) is 3.60. The molecule has 2 aliphatic rings. The van der Waals surface area contributed by atoms with E-state index in [1.165, 1.54) is 38.0 Å². The van der Waals surface area contributed by atoms with Crippen LogP contribution in [0.5, 0.6) is 0 Å². The van der Waals surface area contributed by atoms with Crippen LogP contribution in [0.25, 0.3) is 0 Å². The van der Waals surface area contributed by atoms with Crippen molar-refractivity contribution in [1.82, 2.24) is 10.3 Å². The number of aromatic nitrogens is 1. The van der Waals surface area contributed by atoms with Crippen molar-refractivity contribution >= 4 is 5.69 Å². The molecule has 80 valence electrons. The molecule has 3 nitrogen and oxygen atoms in total. The van der Waals surface area contributed by atoms with Crippen molar-refractivity contribution in [2.45, 2.75) is 31.3 Å². The largest absolute Gasteiger partial charge is 0.366 e. The van der Waals surface area contributed by atoms with Gasteiger partial charge in [-0.2, -0.15) is 0 Å². The number of fused-ring (bicyclic) bond motifs is 1. The maximum atomic E-state index is 4.21. The summed E-state index contributed by atoms with van der Waals surface area (Å²) < 4.78 is 0. The highest BCUT2D eigenvalue weighted by molar-refractivity contribution is 5.46. The summed E-state index contributed by atoms with van der Waals surface area (Å²) in [6, 6.07) is 5.61. The van der Waals surface area contributed by atoms with Gasteiger partial charge in [-0.25, -0.2) is 0 Å². The van der Waals surface area contributed by atoms with Crippen molar-refractivity contribution in [1.29, 1.82) is 0 Å². The van der Waals surface area contributed by atoms with E-state index in [-0.39, 0.29) is 0 Å². The summed E-state index contributed by atoms with van der Waals surface area (Å²) in [6.07, 6.45) is 7.74. The lowest BCUT2D eigenvalue weighted by atomic mass is 9.97. The Labute approximate surface area is 90.5 Å². The quantitative estimate of drug-likeness (QED) is 0.748. The summed E-state index contributed by atoms with van der Waals surface area (Å²) in [5.74, 6) is 0. The number of nitrogens with one attached hydrogen (secondary N) is 1. The normalized spacial score (nSPS) is 30.3. The Kier molecular flexibility index (Phi) is 2.33. The average molecular weight is 203 g/mol. The van der Waals surface area contributed by atoms with Gasteiger partial charge in [0.15, 0.2) is 0 Å². The number of hydrogen-bond acceptors (Lipinski definition) is 3. The lowest BCUT2D eigenvalue weighted by molar-refractivity contribution is 0.412. The standard InChI is InChI=1S/C12H17N3/c1-3-10(9-13-6-1)15-8-2-4-11-12(15)5-7-14-11/h1,3,6,9,11-12,14H,2,4-5,7-8H2. The van der Waals surface area contributed by atoms with Gasteiger partial charge in [-0.1, -0.05) is 0 Å². The van der Waals surface area contributed by atoms with E-state index >= 15 is 0 Å². The molecule has 1 aromatic heterocycles. The zero-order valence-electron chi connectivity index (χ0n) is 8.89.